The highest BCUT2D eigenvalue weighted by Gasteiger charge is 2.41. The first-order chi connectivity index (χ1) is 12.8. The number of halogens is 1. The summed E-state index contributed by atoms with van der Waals surface area (Å²) in [7, 11) is -3.90. The van der Waals surface area contributed by atoms with Crippen molar-refractivity contribution in [2.75, 3.05) is 0 Å². The molecular formula is C21H21ClN2O2S. The van der Waals surface area contributed by atoms with Gasteiger partial charge in [-0.3, -0.25) is 0 Å². The summed E-state index contributed by atoms with van der Waals surface area (Å²) >= 11 is 6.90. The van der Waals surface area contributed by atoms with Crippen LogP contribution in [0.25, 0.3) is 0 Å². The molecule has 0 saturated heterocycles. The zero-order valence-electron chi connectivity index (χ0n) is 14.8. The average Bonchev–Trinajstić information content (AvgIpc) is 2.68. The van der Waals surface area contributed by atoms with Gasteiger partial charge in [-0.05, 0) is 30.2 Å². The van der Waals surface area contributed by atoms with Crippen LogP contribution in [0, 0.1) is 6.92 Å². The standard InChI is InChI=1S/C21H21ClN2O2S/c1-16-12-14-19(15-13-16)27(25,26)24-21(22,18-10-6-3-7-11-18)20(23)17-8-4-2-5-9-17/h2-15,20,24H,23H2,1H3/t20-,21-/m0/s1. The molecule has 0 spiro atoms. The first-order valence-electron chi connectivity index (χ1n) is 8.48. The molecule has 0 heterocycles. The second-order valence-corrected chi connectivity index (χ2v) is 8.66. The number of aryl methyl sites for hydroxylation is 1. The van der Waals surface area contributed by atoms with E-state index in [1.807, 2.05) is 43.3 Å². The first-order valence-corrected chi connectivity index (χ1v) is 10.3. The molecule has 0 saturated carbocycles. The van der Waals surface area contributed by atoms with Crippen molar-refractivity contribution < 1.29 is 8.42 Å². The van der Waals surface area contributed by atoms with Crippen LogP contribution >= 0.6 is 11.6 Å². The third-order valence-corrected chi connectivity index (χ3v) is 6.54. The lowest BCUT2D eigenvalue weighted by Gasteiger charge is -2.34. The van der Waals surface area contributed by atoms with E-state index in [1.54, 1.807) is 48.5 Å². The molecule has 2 atom stereocenters. The lowest BCUT2D eigenvalue weighted by atomic mass is 9.94. The highest BCUT2D eigenvalue weighted by atomic mass is 35.5. The van der Waals surface area contributed by atoms with Gasteiger partial charge in [0.05, 0.1) is 10.9 Å². The SMILES string of the molecule is Cc1ccc(S(=O)(=O)N[C@@](Cl)(c2ccccc2)[C@@H](N)c2ccccc2)cc1. The Morgan fingerprint density at radius 3 is 1.96 bits per heavy atom. The van der Waals surface area contributed by atoms with Crippen molar-refractivity contribution in [2.45, 2.75) is 22.9 Å². The molecule has 0 aromatic heterocycles. The van der Waals surface area contributed by atoms with Crippen molar-refractivity contribution >= 4 is 21.6 Å². The third kappa shape index (κ3) is 4.22. The summed E-state index contributed by atoms with van der Waals surface area (Å²) in [5, 5.41) is 0. The Morgan fingerprint density at radius 1 is 0.889 bits per heavy atom. The Morgan fingerprint density at radius 2 is 1.41 bits per heavy atom. The molecule has 0 radical (unpaired) electrons. The number of nitrogens with two attached hydrogens (primary N) is 1. The molecule has 4 nitrogen and oxygen atoms in total. The van der Waals surface area contributed by atoms with Crippen molar-refractivity contribution in [3.05, 3.63) is 102 Å². The fraction of sp³-hybridized carbons (Fsp3) is 0.143. The summed E-state index contributed by atoms with van der Waals surface area (Å²) in [5.74, 6) is 0. The number of sulfonamides is 1. The third-order valence-electron chi connectivity index (χ3n) is 4.40. The van der Waals surface area contributed by atoms with Crippen LogP contribution < -0.4 is 10.5 Å². The van der Waals surface area contributed by atoms with E-state index in [9.17, 15) is 8.42 Å². The van der Waals surface area contributed by atoms with Crippen molar-refractivity contribution in [3.8, 4) is 0 Å². The van der Waals surface area contributed by atoms with Gasteiger partial charge in [0.15, 0.2) is 5.00 Å². The van der Waals surface area contributed by atoms with Crippen LogP contribution in [-0.4, -0.2) is 8.42 Å². The lowest BCUT2D eigenvalue weighted by molar-refractivity contribution is 0.452. The Bertz CT molecular complexity index is 993. The van der Waals surface area contributed by atoms with E-state index in [4.69, 9.17) is 17.3 Å². The highest BCUT2D eigenvalue weighted by Crippen LogP contribution is 2.38. The minimum Gasteiger partial charge on any atom is -0.321 e. The zero-order chi connectivity index (χ0) is 19.5. The van der Waals surface area contributed by atoms with Crippen LogP contribution in [0.1, 0.15) is 22.7 Å². The second-order valence-electron chi connectivity index (χ2n) is 6.38. The maximum Gasteiger partial charge on any atom is 0.242 e. The number of alkyl halides is 1. The van der Waals surface area contributed by atoms with Crippen molar-refractivity contribution in [2.24, 2.45) is 5.73 Å². The Labute approximate surface area is 165 Å². The van der Waals surface area contributed by atoms with Crippen LogP contribution in [-0.2, 0) is 15.0 Å². The van der Waals surface area contributed by atoms with Gasteiger partial charge in [0.25, 0.3) is 0 Å². The largest absolute Gasteiger partial charge is 0.321 e. The quantitative estimate of drug-likeness (QED) is 0.484. The van der Waals surface area contributed by atoms with Crippen LogP contribution in [0.5, 0.6) is 0 Å². The smallest absolute Gasteiger partial charge is 0.242 e. The Balaban J connectivity index is 2.06. The van der Waals surface area contributed by atoms with E-state index in [1.165, 1.54) is 0 Å². The van der Waals surface area contributed by atoms with Gasteiger partial charge in [0, 0.05) is 0 Å². The molecule has 3 aromatic carbocycles. The molecule has 0 amide bonds. The maximum atomic E-state index is 13.0. The molecule has 6 heteroatoms. The van der Waals surface area contributed by atoms with Crippen molar-refractivity contribution in [1.82, 2.24) is 4.72 Å². The molecular weight excluding hydrogens is 380 g/mol. The molecule has 0 aliphatic carbocycles. The van der Waals surface area contributed by atoms with Crippen molar-refractivity contribution in [1.29, 1.82) is 0 Å². The fourth-order valence-corrected chi connectivity index (χ4v) is 4.65. The molecule has 3 N–H and O–H groups in total. The van der Waals surface area contributed by atoms with Gasteiger partial charge in [0.2, 0.25) is 10.0 Å². The maximum absolute atomic E-state index is 13.0. The average molecular weight is 401 g/mol. The minimum atomic E-state index is -3.90. The molecule has 0 aliphatic heterocycles. The number of hydrogen-bond donors (Lipinski definition) is 2. The van der Waals surface area contributed by atoms with E-state index in [0.29, 0.717) is 5.56 Å². The molecule has 3 aromatic rings. The number of rotatable bonds is 6. The van der Waals surface area contributed by atoms with Gasteiger partial charge in [-0.15, -0.1) is 0 Å². The lowest BCUT2D eigenvalue weighted by Crippen LogP contribution is -2.48. The van der Waals surface area contributed by atoms with Crippen molar-refractivity contribution in [3.63, 3.8) is 0 Å². The molecule has 0 aliphatic rings. The molecule has 0 fully saturated rings. The van der Waals surface area contributed by atoms with E-state index in [2.05, 4.69) is 4.72 Å². The summed E-state index contributed by atoms with van der Waals surface area (Å²) in [5.41, 5.74) is 8.72. The van der Waals surface area contributed by atoms with Gasteiger partial charge in [-0.2, -0.15) is 4.72 Å². The molecule has 27 heavy (non-hydrogen) atoms. The van der Waals surface area contributed by atoms with E-state index in [-0.39, 0.29) is 4.90 Å². The summed E-state index contributed by atoms with van der Waals surface area (Å²) < 4.78 is 28.7. The van der Waals surface area contributed by atoms with Gasteiger partial charge in [0.1, 0.15) is 0 Å². The molecule has 3 rings (SSSR count). The van der Waals surface area contributed by atoms with E-state index in [0.717, 1.165) is 11.1 Å². The minimum absolute atomic E-state index is 0.134. The predicted molar refractivity (Wildman–Crippen MR) is 109 cm³/mol. The molecule has 140 valence electrons. The summed E-state index contributed by atoms with van der Waals surface area (Å²) in [4.78, 5) is -1.42. The zero-order valence-corrected chi connectivity index (χ0v) is 16.4. The normalized spacial score (nSPS) is 15.1. The second kappa shape index (κ2) is 7.82. The molecule has 0 bridgehead atoms. The monoisotopic (exact) mass is 400 g/mol. The summed E-state index contributed by atoms with van der Waals surface area (Å²) in [6.45, 7) is 1.89. The van der Waals surface area contributed by atoms with Crippen LogP contribution in [0.2, 0.25) is 0 Å². The highest BCUT2D eigenvalue weighted by molar-refractivity contribution is 7.89. The van der Waals surface area contributed by atoms with E-state index < -0.39 is 21.1 Å². The molecule has 0 unspecified atom stereocenters. The Kier molecular flexibility index (Phi) is 5.67. The van der Waals surface area contributed by atoms with Gasteiger partial charge >= 0.3 is 0 Å². The topological polar surface area (TPSA) is 72.2 Å². The van der Waals surface area contributed by atoms with Crippen LogP contribution in [0.3, 0.4) is 0 Å². The summed E-state index contributed by atoms with van der Waals surface area (Å²) in [6, 6.07) is 23.9. The van der Waals surface area contributed by atoms with Crippen LogP contribution in [0.15, 0.2) is 89.8 Å². The van der Waals surface area contributed by atoms with Gasteiger partial charge < -0.3 is 5.73 Å². The number of hydrogen-bond acceptors (Lipinski definition) is 3. The summed E-state index contributed by atoms with van der Waals surface area (Å²) in [6.07, 6.45) is 0. The Hall–Kier alpha value is -2.18. The van der Waals surface area contributed by atoms with E-state index >= 15 is 0 Å². The van der Waals surface area contributed by atoms with Gasteiger partial charge in [-0.25, -0.2) is 8.42 Å². The fourth-order valence-electron chi connectivity index (χ4n) is 2.84. The number of benzene rings is 3. The van der Waals surface area contributed by atoms with Gasteiger partial charge in [-0.1, -0.05) is 90.0 Å². The first kappa shape index (κ1) is 19.6. The van der Waals surface area contributed by atoms with Crippen LogP contribution in [0.4, 0.5) is 0 Å². The number of nitrogens with one attached hydrogen (secondary N) is 1. The predicted octanol–water partition coefficient (Wildman–Crippen LogP) is 4.07.